The van der Waals surface area contributed by atoms with Crippen molar-refractivity contribution in [2.24, 2.45) is 0 Å². The molecule has 2 unspecified atom stereocenters. The summed E-state index contributed by atoms with van der Waals surface area (Å²) in [4.78, 5) is 11.1. The number of ether oxygens (including phenoxy) is 1. The van der Waals surface area contributed by atoms with Gasteiger partial charge in [-0.3, -0.25) is 4.79 Å². The van der Waals surface area contributed by atoms with Gasteiger partial charge in [-0.1, -0.05) is 30.3 Å². The van der Waals surface area contributed by atoms with Crippen molar-refractivity contribution in [3.8, 4) is 5.75 Å². The van der Waals surface area contributed by atoms with Gasteiger partial charge in [-0.2, -0.15) is 0 Å². The molecule has 0 bridgehead atoms. The van der Waals surface area contributed by atoms with Gasteiger partial charge in [0.05, 0.1) is 4.90 Å². The van der Waals surface area contributed by atoms with E-state index in [2.05, 4.69) is 4.72 Å². The normalized spacial score (nSPS) is 17.1. The Kier molecular flexibility index (Phi) is 5.82. The summed E-state index contributed by atoms with van der Waals surface area (Å²) in [6.45, 7) is 1.94. The van der Waals surface area contributed by atoms with Gasteiger partial charge in [0.25, 0.3) is 0 Å². The molecule has 0 radical (unpaired) electrons. The molecule has 1 heterocycles. The average Bonchev–Trinajstić information content (AvgIpc) is 2.99. The van der Waals surface area contributed by atoms with E-state index in [1.54, 1.807) is 12.1 Å². The first-order valence-corrected chi connectivity index (χ1v) is 10.4. The fourth-order valence-electron chi connectivity index (χ4n) is 3.25. The van der Waals surface area contributed by atoms with Crippen LogP contribution in [-0.4, -0.2) is 31.6 Å². The van der Waals surface area contributed by atoms with E-state index >= 15 is 0 Å². The number of carboxylic acids is 1. The molecule has 1 aliphatic heterocycles. The maximum absolute atomic E-state index is 12.9. The number of carboxylic acid groups (broad SMARTS) is 1. The standard InChI is InChI=1S/C20H23NO5S/c1-14-11-16-13-18(8-9-19(16)26-14)27(24,25)21-17(7-10-20(22)23)12-15-5-3-2-4-6-15/h2-6,8-9,13-14,17,21H,7,10-12H2,1H3,(H,22,23). The second kappa shape index (κ2) is 8.10. The van der Waals surface area contributed by atoms with E-state index in [-0.39, 0.29) is 23.8 Å². The molecule has 2 atom stereocenters. The van der Waals surface area contributed by atoms with E-state index in [9.17, 15) is 13.2 Å². The quantitative estimate of drug-likeness (QED) is 0.724. The Bertz CT molecular complexity index is 911. The molecule has 2 N–H and O–H groups in total. The van der Waals surface area contributed by atoms with Crippen LogP contribution in [0.5, 0.6) is 5.75 Å². The van der Waals surface area contributed by atoms with E-state index in [4.69, 9.17) is 9.84 Å². The van der Waals surface area contributed by atoms with Gasteiger partial charge < -0.3 is 9.84 Å². The lowest BCUT2D eigenvalue weighted by molar-refractivity contribution is -0.137. The summed E-state index contributed by atoms with van der Waals surface area (Å²) in [5.41, 5.74) is 1.82. The van der Waals surface area contributed by atoms with Gasteiger partial charge >= 0.3 is 5.97 Å². The zero-order chi connectivity index (χ0) is 19.4. The molecule has 3 rings (SSSR count). The second-order valence-corrected chi connectivity index (χ2v) is 8.56. The Morgan fingerprint density at radius 1 is 1.26 bits per heavy atom. The third-order valence-electron chi connectivity index (χ3n) is 4.53. The van der Waals surface area contributed by atoms with Crippen LogP contribution in [0.15, 0.2) is 53.4 Å². The first kappa shape index (κ1) is 19.4. The molecule has 0 fully saturated rings. The SMILES string of the molecule is CC1Cc2cc(S(=O)(=O)NC(CCC(=O)O)Cc3ccccc3)ccc2O1. The molecule has 0 spiro atoms. The van der Waals surface area contributed by atoms with E-state index in [1.807, 2.05) is 37.3 Å². The van der Waals surface area contributed by atoms with Crippen molar-refractivity contribution in [3.63, 3.8) is 0 Å². The summed E-state index contributed by atoms with van der Waals surface area (Å²) in [6, 6.07) is 13.8. The number of rotatable bonds is 8. The second-order valence-electron chi connectivity index (χ2n) is 6.84. The number of nitrogens with one attached hydrogen (secondary N) is 1. The molecule has 2 aromatic rings. The van der Waals surface area contributed by atoms with Crippen molar-refractivity contribution in [3.05, 3.63) is 59.7 Å². The van der Waals surface area contributed by atoms with Gasteiger partial charge in [-0.05, 0) is 49.1 Å². The number of benzene rings is 2. The highest BCUT2D eigenvalue weighted by molar-refractivity contribution is 7.89. The van der Waals surface area contributed by atoms with Gasteiger partial charge in [0, 0.05) is 18.9 Å². The maximum Gasteiger partial charge on any atom is 0.303 e. The molecule has 6 nitrogen and oxygen atoms in total. The van der Waals surface area contributed by atoms with Gasteiger partial charge in [-0.25, -0.2) is 13.1 Å². The highest BCUT2D eigenvalue weighted by Crippen LogP contribution is 2.30. The highest BCUT2D eigenvalue weighted by Gasteiger charge is 2.25. The summed E-state index contributed by atoms with van der Waals surface area (Å²) in [5.74, 6) is -0.232. The number of hydrogen-bond acceptors (Lipinski definition) is 4. The summed E-state index contributed by atoms with van der Waals surface area (Å²) in [7, 11) is -3.77. The summed E-state index contributed by atoms with van der Waals surface area (Å²) < 4.78 is 34.0. The smallest absolute Gasteiger partial charge is 0.303 e. The summed E-state index contributed by atoms with van der Waals surface area (Å²) >= 11 is 0. The number of sulfonamides is 1. The van der Waals surface area contributed by atoms with Crippen molar-refractivity contribution >= 4 is 16.0 Å². The Labute approximate surface area is 159 Å². The van der Waals surface area contributed by atoms with Crippen LogP contribution in [0.3, 0.4) is 0 Å². The molecule has 7 heteroatoms. The zero-order valence-corrected chi connectivity index (χ0v) is 15.9. The fraction of sp³-hybridized carbons (Fsp3) is 0.350. The molecule has 144 valence electrons. The van der Waals surface area contributed by atoms with Crippen LogP contribution in [0.25, 0.3) is 0 Å². The molecule has 0 aliphatic carbocycles. The zero-order valence-electron chi connectivity index (χ0n) is 15.1. The fourth-order valence-corrected chi connectivity index (χ4v) is 4.57. The molecular formula is C20H23NO5S. The van der Waals surface area contributed by atoms with Crippen LogP contribution < -0.4 is 9.46 Å². The number of carbonyl (C=O) groups is 1. The van der Waals surface area contributed by atoms with Crippen molar-refractivity contribution in [1.82, 2.24) is 4.72 Å². The van der Waals surface area contributed by atoms with Crippen LogP contribution in [0.4, 0.5) is 0 Å². The number of fused-ring (bicyclic) bond motifs is 1. The summed E-state index contributed by atoms with van der Waals surface area (Å²) in [6.07, 6.45) is 1.25. The Morgan fingerprint density at radius 2 is 2.00 bits per heavy atom. The van der Waals surface area contributed by atoms with Gasteiger partial charge in [0.1, 0.15) is 11.9 Å². The lowest BCUT2D eigenvalue weighted by atomic mass is 10.0. The van der Waals surface area contributed by atoms with Gasteiger partial charge in [0.15, 0.2) is 0 Å². The third-order valence-corrected chi connectivity index (χ3v) is 6.05. The summed E-state index contributed by atoms with van der Waals surface area (Å²) in [5, 5.41) is 8.98. The predicted molar refractivity (Wildman–Crippen MR) is 101 cm³/mol. The molecule has 27 heavy (non-hydrogen) atoms. The Hall–Kier alpha value is -2.38. The molecule has 0 saturated heterocycles. The third kappa shape index (κ3) is 5.08. The first-order chi connectivity index (χ1) is 12.8. The monoisotopic (exact) mass is 389 g/mol. The van der Waals surface area contributed by atoms with Crippen LogP contribution in [0.2, 0.25) is 0 Å². The van der Waals surface area contributed by atoms with E-state index in [0.717, 1.165) is 11.1 Å². The van der Waals surface area contributed by atoms with E-state index in [0.29, 0.717) is 18.6 Å². The minimum atomic E-state index is -3.77. The van der Waals surface area contributed by atoms with E-state index < -0.39 is 22.0 Å². The van der Waals surface area contributed by atoms with Crippen molar-refractivity contribution in [2.45, 2.75) is 49.6 Å². The molecule has 0 aromatic heterocycles. The Morgan fingerprint density at radius 3 is 2.70 bits per heavy atom. The minimum absolute atomic E-state index is 0.0345. The van der Waals surface area contributed by atoms with Crippen LogP contribution in [0, 0.1) is 0 Å². The highest BCUT2D eigenvalue weighted by atomic mass is 32.2. The number of hydrogen-bond donors (Lipinski definition) is 2. The van der Waals surface area contributed by atoms with Gasteiger partial charge in [0.2, 0.25) is 10.0 Å². The first-order valence-electron chi connectivity index (χ1n) is 8.91. The number of aliphatic carboxylic acids is 1. The molecular weight excluding hydrogens is 366 g/mol. The Balaban J connectivity index is 1.78. The van der Waals surface area contributed by atoms with Crippen LogP contribution in [-0.2, 0) is 27.7 Å². The van der Waals surface area contributed by atoms with Crippen molar-refractivity contribution in [1.29, 1.82) is 0 Å². The lowest BCUT2D eigenvalue weighted by Crippen LogP contribution is -2.37. The van der Waals surface area contributed by atoms with Crippen LogP contribution in [0.1, 0.15) is 30.9 Å². The largest absolute Gasteiger partial charge is 0.490 e. The topological polar surface area (TPSA) is 92.7 Å². The molecule has 1 aliphatic rings. The molecule has 2 aromatic carbocycles. The minimum Gasteiger partial charge on any atom is -0.490 e. The van der Waals surface area contributed by atoms with Crippen molar-refractivity contribution in [2.75, 3.05) is 0 Å². The molecule has 0 amide bonds. The average molecular weight is 389 g/mol. The van der Waals surface area contributed by atoms with Crippen molar-refractivity contribution < 1.29 is 23.1 Å². The lowest BCUT2D eigenvalue weighted by Gasteiger charge is -2.18. The van der Waals surface area contributed by atoms with Gasteiger partial charge in [-0.15, -0.1) is 0 Å². The maximum atomic E-state index is 12.9. The van der Waals surface area contributed by atoms with E-state index in [1.165, 1.54) is 6.07 Å². The molecule has 0 saturated carbocycles. The van der Waals surface area contributed by atoms with Crippen LogP contribution >= 0.6 is 0 Å². The predicted octanol–water partition coefficient (Wildman–Crippen LogP) is 2.76.